The van der Waals surface area contributed by atoms with E-state index in [-0.39, 0.29) is 0 Å². The fourth-order valence-corrected chi connectivity index (χ4v) is 2.77. The Kier molecular flexibility index (Phi) is 3.55. The largest absolute Gasteiger partial charge is 0.379 e. The lowest BCUT2D eigenvalue weighted by molar-refractivity contribution is 0.0343. The predicted molar refractivity (Wildman–Crippen MR) is 76.9 cm³/mol. The number of ether oxygens (including phenoxy) is 1. The van der Waals surface area contributed by atoms with Crippen LogP contribution >= 0.6 is 0 Å². The van der Waals surface area contributed by atoms with Crippen LogP contribution in [-0.4, -0.2) is 35.8 Å². The first-order chi connectivity index (χ1) is 9.28. The molecule has 1 aromatic heterocycles. The lowest BCUT2D eigenvalue weighted by atomic mass is 10.1. The highest BCUT2D eigenvalue weighted by atomic mass is 16.5. The van der Waals surface area contributed by atoms with Crippen LogP contribution < -0.4 is 5.73 Å². The monoisotopic (exact) mass is 259 g/mol. The van der Waals surface area contributed by atoms with Crippen molar-refractivity contribution < 1.29 is 4.74 Å². The average molecular weight is 259 g/mol. The number of morpholine rings is 1. The third-order valence-corrected chi connectivity index (χ3v) is 3.87. The van der Waals surface area contributed by atoms with E-state index in [9.17, 15) is 0 Å². The first kappa shape index (κ1) is 12.7. The maximum atomic E-state index is 5.72. The van der Waals surface area contributed by atoms with Crippen LogP contribution in [0.25, 0.3) is 10.9 Å². The van der Waals surface area contributed by atoms with Gasteiger partial charge in [0.15, 0.2) is 0 Å². The van der Waals surface area contributed by atoms with E-state index in [1.807, 2.05) is 0 Å². The van der Waals surface area contributed by atoms with Crippen LogP contribution in [0.2, 0.25) is 0 Å². The molecule has 0 saturated carbocycles. The molecule has 1 fully saturated rings. The van der Waals surface area contributed by atoms with Gasteiger partial charge in [0, 0.05) is 50.3 Å². The second-order valence-electron chi connectivity index (χ2n) is 5.21. The van der Waals surface area contributed by atoms with Gasteiger partial charge in [-0.2, -0.15) is 0 Å². The Hall–Kier alpha value is -1.36. The Bertz CT molecular complexity index is 570. The van der Waals surface area contributed by atoms with Crippen molar-refractivity contribution in [2.45, 2.75) is 13.1 Å². The van der Waals surface area contributed by atoms with Crippen molar-refractivity contribution in [1.29, 1.82) is 0 Å². The summed E-state index contributed by atoms with van der Waals surface area (Å²) in [5.41, 5.74) is 9.56. The van der Waals surface area contributed by atoms with Crippen LogP contribution in [0.4, 0.5) is 0 Å². The first-order valence-electron chi connectivity index (χ1n) is 6.85. The van der Waals surface area contributed by atoms with Gasteiger partial charge in [-0.3, -0.25) is 4.90 Å². The molecule has 4 heteroatoms. The SMILES string of the molecule is Cn1cc(CN2CCOCC2)c2ccc(CN)cc21. The van der Waals surface area contributed by atoms with Gasteiger partial charge in [0.05, 0.1) is 13.2 Å². The number of fused-ring (bicyclic) bond motifs is 1. The molecule has 0 unspecified atom stereocenters. The molecule has 4 nitrogen and oxygen atoms in total. The topological polar surface area (TPSA) is 43.4 Å². The van der Waals surface area contributed by atoms with E-state index in [4.69, 9.17) is 10.5 Å². The summed E-state index contributed by atoms with van der Waals surface area (Å²) >= 11 is 0. The minimum Gasteiger partial charge on any atom is -0.379 e. The zero-order valence-corrected chi connectivity index (χ0v) is 11.4. The quantitative estimate of drug-likeness (QED) is 0.907. The highest BCUT2D eigenvalue weighted by Gasteiger charge is 2.14. The maximum absolute atomic E-state index is 5.72. The third-order valence-electron chi connectivity index (χ3n) is 3.87. The predicted octanol–water partition coefficient (Wildman–Crippen LogP) is 1.47. The smallest absolute Gasteiger partial charge is 0.0594 e. The number of nitrogens with two attached hydrogens (primary N) is 1. The first-order valence-corrected chi connectivity index (χ1v) is 6.85. The summed E-state index contributed by atoms with van der Waals surface area (Å²) in [7, 11) is 2.10. The van der Waals surface area contributed by atoms with E-state index in [0.717, 1.165) is 32.8 Å². The number of benzene rings is 1. The van der Waals surface area contributed by atoms with Gasteiger partial charge in [0.25, 0.3) is 0 Å². The Morgan fingerprint density at radius 1 is 1.26 bits per heavy atom. The van der Waals surface area contributed by atoms with Crippen LogP contribution in [0.1, 0.15) is 11.1 Å². The molecule has 0 aliphatic carbocycles. The lowest BCUT2D eigenvalue weighted by Gasteiger charge is -2.26. The van der Waals surface area contributed by atoms with Gasteiger partial charge in [0.2, 0.25) is 0 Å². The molecule has 0 radical (unpaired) electrons. The Labute approximate surface area is 113 Å². The fourth-order valence-electron chi connectivity index (χ4n) is 2.77. The zero-order chi connectivity index (χ0) is 13.2. The number of nitrogens with zero attached hydrogens (tertiary/aromatic N) is 2. The highest BCUT2D eigenvalue weighted by Crippen LogP contribution is 2.23. The summed E-state index contributed by atoms with van der Waals surface area (Å²) in [6.07, 6.45) is 2.24. The highest BCUT2D eigenvalue weighted by molar-refractivity contribution is 5.84. The van der Waals surface area contributed by atoms with E-state index >= 15 is 0 Å². The van der Waals surface area contributed by atoms with E-state index in [2.05, 4.69) is 40.9 Å². The summed E-state index contributed by atoms with van der Waals surface area (Å²) in [6.45, 7) is 5.35. The molecule has 1 aliphatic rings. The molecule has 1 saturated heterocycles. The number of hydrogen-bond donors (Lipinski definition) is 1. The normalized spacial score (nSPS) is 17.2. The molecule has 1 aliphatic heterocycles. The van der Waals surface area contributed by atoms with Crippen LogP contribution in [-0.2, 0) is 24.9 Å². The van der Waals surface area contributed by atoms with Crippen molar-refractivity contribution >= 4 is 10.9 Å². The summed E-state index contributed by atoms with van der Waals surface area (Å²) in [5.74, 6) is 0. The number of hydrogen-bond acceptors (Lipinski definition) is 3. The number of aryl methyl sites for hydroxylation is 1. The molecule has 0 bridgehead atoms. The average Bonchev–Trinajstić information content (AvgIpc) is 2.76. The van der Waals surface area contributed by atoms with E-state index < -0.39 is 0 Å². The lowest BCUT2D eigenvalue weighted by Crippen LogP contribution is -2.35. The van der Waals surface area contributed by atoms with Gasteiger partial charge in [-0.15, -0.1) is 0 Å². The van der Waals surface area contributed by atoms with Crippen LogP contribution in [0.5, 0.6) is 0 Å². The molecule has 0 spiro atoms. The Balaban J connectivity index is 1.90. The summed E-state index contributed by atoms with van der Waals surface area (Å²) in [4.78, 5) is 2.45. The Morgan fingerprint density at radius 2 is 2.05 bits per heavy atom. The zero-order valence-electron chi connectivity index (χ0n) is 11.4. The molecule has 3 rings (SSSR count). The van der Waals surface area contributed by atoms with Crippen molar-refractivity contribution in [3.8, 4) is 0 Å². The molecule has 2 heterocycles. The molecule has 102 valence electrons. The second kappa shape index (κ2) is 5.33. The molecule has 1 aromatic carbocycles. The maximum Gasteiger partial charge on any atom is 0.0594 e. The summed E-state index contributed by atoms with van der Waals surface area (Å²) in [5, 5.41) is 1.34. The van der Waals surface area contributed by atoms with E-state index in [1.54, 1.807) is 0 Å². The molecule has 0 atom stereocenters. The fraction of sp³-hybridized carbons (Fsp3) is 0.467. The van der Waals surface area contributed by atoms with Crippen LogP contribution in [0.3, 0.4) is 0 Å². The van der Waals surface area contributed by atoms with Crippen molar-refractivity contribution in [2.75, 3.05) is 26.3 Å². The van der Waals surface area contributed by atoms with Gasteiger partial charge in [-0.1, -0.05) is 12.1 Å². The molecule has 0 amide bonds. The minimum absolute atomic E-state index is 0.597. The number of aromatic nitrogens is 1. The van der Waals surface area contributed by atoms with Crippen molar-refractivity contribution in [3.63, 3.8) is 0 Å². The van der Waals surface area contributed by atoms with Crippen molar-refractivity contribution in [3.05, 3.63) is 35.5 Å². The van der Waals surface area contributed by atoms with Crippen LogP contribution in [0.15, 0.2) is 24.4 Å². The standard InChI is InChI=1S/C15H21N3O/c1-17-10-13(11-18-4-6-19-7-5-18)14-3-2-12(9-16)8-15(14)17/h2-3,8,10H,4-7,9,11,16H2,1H3. The van der Waals surface area contributed by atoms with Gasteiger partial charge in [-0.25, -0.2) is 0 Å². The van der Waals surface area contributed by atoms with E-state index in [1.165, 1.54) is 22.0 Å². The van der Waals surface area contributed by atoms with Gasteiger partial charge < -0.3 is 15.0 Å². The molecule has 2 aromatic rings. The van der Waals surface area contributed by atoms with E-state index in [0.29, 0.717) is 6.54 Å². The van der Waals surface area contributed by atoms with Crippen molar-refractivity contribution in [2.24, 2.45) is 12.8 Å². The molecule has 19 heavy (non-hydrogen) atoms. The number of rotatable bonds is 3. The summed E-state index contributed by atoms with van der Waals surface area (Å²) < 4.78 is 7.60. The molecular formula is C15H21N3O. The van der Waals surface area contributed by atoms with Gasteiger partial charge in [-0.05, 0) is 17.2 Å². The van der Waals surface area contributed by atoms with Gasteiger partial charge in [0.1, 0.15) is 0 Å². The van der Waals surface area contributed by atoms with Gasteiger partial charge >= 0.3 is 0 Å². The third kappa shape index (κ3) is 2.52. The van der Waals surface area contributed by atoms with Crippen LogP contribution in [0, 0.1) is 0 Å². The van der Waals surface area contributed by atoms with Crippen molar-refractivity contribution in [1.82, 2.24) is 9.47 Å². The Morgan fingerprint density at radius 3 is 2.79 bits per heavy atom. The second-order valence-corrected chi connectivity index (χ2v) is 5.21. The minimum atomic E-state index is 0.597. The summed E-state index contributed by atoms with van der Waals surface area (Å²) in [6, 6.07) is 6.52. The molecule has 2 N–H and O–H groups in total. The molecular weight excluding hydrogens is 238 g/mol.